The van der Waals surface area contributed by atoms with Crippen LogP contribution < -0.4 is 4.74 Å². The van der Waals surface area contributed by atoms with E-state index in [0.29, 0.717) is 0 Å². The molecule has 0 atom stereocenters. The zero-order valence-corrected chi connectivity index (χ0v) is 24.6. The van der Waals surface area contributed by atoms with Gasteiger partial charge in [0, 0.05) is 0 Å². The standard InChI is InChI=1S/C32H50O/c1-19-23(29(5,6)7)17-24(30(8,9)10)20(2)27(19)33-28-21(3)25(31(11,12)13)18-26(22(28)4)32(14,15)16/h17-18H,1-16H3. The molecule has 0 amide bonds. The summed E-state index contributed by atoms with van der Waals surface area (Å²) in [7, 11) is 0. The summed E-state index contributed by atoms with van der Waals surface area (Å²) in [6.45, 7) is 36.5. The molecule has 0 saturated heterocycles. The summed E-state index contributed by atoms with van der Waals surface area (Å²) in [5, 5.41) is 0. The summed E-state index contributed by atoms with van der Waals surface area (Å²) < 4.78 is 7.04. The van der Waals surface area contributed by atoms with Gasteiger partial charge in [0.25, 0.3) is 0 Å². The third-order valence-electron chi connectivity index (χ3n) is 6.99. The van der Waals surface area contributed by atoms with Crippen LogP contribution in [0.4, 0.5) is 0 Å². The van der Waals surface area contributed by atoms with Gasteiger partial charge in [-0.1, -0.05) is 95.2 Å². The first-order valence-corrected chi connectivity index (χ1v) is 12.6. The molecule has 0 bridgehead atoms. The maximum atomic E-state index is 7.04. The minimum Gasteiger partial charge on any atom is -0.456 e. The molecule has 0 aliphatic carbocycles. The van der Waals surface area contributed by atoms with Gasteiger partial charge >= 0.3 is 0 Å². The fraction of sp³-hybridized carbons (Fsp3) is 0.625. The monoisotopic (exact) mass is 450 g/mol. The smallest absolute Gasteiger partial charge is 0.133 e. The Labute approximate surface area is 205 Å². The van der Waals surface area contributed by atoms with E-state index in [2.05, 4.69) is 123 Å². The minimum absolute atomic E-state index is 0.0454. The van der Waals surface area contributed by atoms with Crippen molar-refractivity contribution in [3.63, 3.8) is 0 Å². The summed E-state index contributed by atoms with van der Waals surface area (Å²) in [5.41, 5.74) is 10.7. The lowest BCUT2D eigenvalue weighted by Crippen LogP contribution is -2.21. The molecule has 2 aromatic carbocycles. The SMILES string of the molecule is Cc1c(C(C)(C)C)cc(C(C)(C)C)c(C)c1Oc1c(C)c(C(C)(C)C)cc(C(C)(C)C)c1C. The van der Waals surface area contributed by atoms with E-state index in [0.717, 1.165) is 11.5 Å². The maximum Gasteiger partial charge on any atom is 0.133 e. The summed E-state index contributed by atoms with van der Waals surface area (Å²) in [6, 6.07) is 4.84. The fourth-order valence-corrected chi connectivity index (χ4v) is 5.30. The van der Waals surface area contributed by atoms with Crippen molar-refractivity contribution in [2.75, 3.05) is 0 Å². The highest BCUT2D eigenvalue weighted by atomic mass is 16.5. The van der Waals surface area contributed by atoms with E-state index in [4.69, 9.17) is 4.74 Å². The first-order valence-electron chi connectivity index (χ1n) is 12.6. The number of benzene rings is 2. The largest absolute Gasteiger partial charge is 0.456 e. The summed E-state index contributed by atoms with van der Waals surface area (Å²) in [6.07, 6.45) is 0. The Morgan fingerprint density at radius 1 is 0.394 bits per heavy atom. The molecular weight excluding hydrogens is 400 g/mol. The van der Waals surface area contributed by atoms with Gasteiger partial charge in [-0.05, 0) is 93.9 Å². The number of ether oxygens (including phenoxy) is 1. The second-order valence-corrected chi connectivity index (χ2v) is 14.2. The molecule has 1 heteroatoms. The number of hydrogen-bond acceptors (Lipinski definition) is 1. The highest BCUT2D eigenvalue weighted by molar-refractivity contribution is 5.59. The van der Waals surface area contributed by atoms with Gasteiger partial charge in [0.05, 0.1) is 0 Å². The van der Waals surface area contributed by atoms with Gasteiger partial charge in [-0.2, -0.15) is 0 Å². The number of hydrogen-bond donors (Lipinski definition) is 0. The molecular formula is C32H50O. The molecule has 0 fully saturated rings. The molecule has 0 unspecified atom stereocenters. The van der Waals surface area contributed by atoms with Crippen LogP contribution in [0.1, 0.15) is 128 Å². The van der Waals surface area contributed by atoms with Gasteiger partial charge < -0.3 is 4.74 Å². The van der Waals surface area contributed by atoms with Gasteiger partial charge in [-0.15, -0.1) is 0 Å². The van der Waals surface area contributed by atoms with Crippen molar-refractivity contribution in [1.29, 1.82) is 0 Å². The Bertz CT molecular complexity index is 877. The molecule has 2 rings (SSSR count). The third kappa shape index (κ3) is 5.50. The van der Waals surface area contributed by atoms with E-state index in [1.165, 1.54) is 44.5 Å². The molecule has 0 aliphatic heterocycles. The van der Waals surface area contributed by atoms with Gasteiger partial charge in [0.2, 0.25) is 0 Å². The van der Waals surface area contributed by atoms with E-state index < -0.39 is 0 Å². The summed E-state index contributed by atoms with van der Waals surface area (Å²) in [5.74, 6) is 2.06. The minimum atomic E-state index is 0.0454. The van der Waals surface area contributed by atoms with Crippen LogP contribution in [-0.4, -0.2) is 0 Å². The van der Waals surface area contributed by atoms with Crippen LogP contribution in [0.15, 0.2) is 12.1 Å². The molecule has 33 heavy (non-hydrogen) atoms. The first-order chi connectivity index (χ1) is 14.6. The van der Waals surface area contributed by atoms with Crippen LogP contribution >= 0.6 is 0 Å². The average Bonchev–Trinajstić information content (AvgIpc) is 2.56. The van der Waals surface area contributed by atoms with Crippen molar-refractivity contribution in [3.05, 3.63) is 56.6 Å². The summed E-state index contributed by atoms with van der Waals surface area (Å²) in [4.78, 5) is 0. The molecule has 0 spiro atoms. The molecule has 2 aromatic rings. The molecule has 0 aromatic heterocycles. The topological polar surface area (TPSA) is 9.23 Å². The predicted octanol–water partition coefficient (Wildman–Crippen LogP) is 9.90. The van der Waals surface area contributed by atoms with Crippen LogP contribution in [-0.2, 0) is 21.7 Å². The molecule has 0 radical (unpaired) electrons. The second-order valence-electron chi connectivity index (χ2n) is 14.2. The highest BCUT2D eigenvalue weighted by Crippen LogP contribution is 2.46. The normalized spacial score (nSPS) is 13.5. The lowest BCUT2D eigenvalue weighted by atomic mass is 9.76. The Hall–Kier alpha value is -1.76. The van der Waals surface area contributed by atoms with Crippen molar-refractivity contribution in [1.82, 2.24) is 0 Å². The number of rotatable bonds is 2. The van der Waals surface area contributed by atoms with Crippen molar-refractivity contribution >= 4 is 0 Å². The Morgan fingerprint density at radius 2 is 0.576 bits per heavy atom. The molecule has 0 heterocycles. The molecule has 0 aliphatic rings. The first kappa shape index (κ1) is 27.5. The Morgan fingerprint density at radius 3 is 0.727 bits per heavy atom. The van der Waals surface area contributed by atoms with E-state index in [1.807, 2.05) is 0 Å². The van der Waals surface area contributed by atoms with Crippen LogP contribution in [0.2, 0.25) is 0 Å². The van der Waals surface area contributed by atoms with Crippen molar-refractivity contribution in [3.8, 4) is 11.5 Å². The van der Waals surface area contributed by atoms with Gasteiger partial charge in [0.1, 0.15) is 11.5 Å². The van der Waals surface area contributed by atoms with E-state index >= 15 is 0 Å². The maximum absolute atomic E-state index is 7.04. The van der Waals surface area contributed by atoms with Crippen LogP contribution in [0.3, 0.4) is 0 Å². The molecule has 1 nitrogen and oxygen atoms in total. The van der Waals surface area contributed by atoms with Crippen LogP contribution in [0, 0.1) is 27.7 Å². The lowest BCUT2D eigenvalue weighted by Gasteiger charge is -2.33. The predicted molar refractivity (Wildman–Crippen MR) is 147 cm³/mol. The van der Waals surface area contributed by atoms with E-state index in [9.17, 15) is 0 Å². The fourth-order valence-electron chi connectivity index (χ4n) is 5.30. The van der Waals surface area contributed by atoms with Crippen LogP contribution in [0.5, 0.6) is 11.5 Å². The summed E-state index contributed by atoms with van der Waals surface area (Å²) >= 11 is 0. The third-order valence-corrected chi connectivity index (χ3v) is 6.99. The Balaban J connectivity index is 2.96. The van der Waals surface area contributed by atoms with E-state index in [1.54, 1.807) is 0 Å². The van der Waals surface area contributed by atoms with Gasteiger partial charge in [-0.3, -0.25) is 0 Å². The zero-order valence-electron chi connectivity index (χ0n) is 24.6. The quantitative estimate of drug-likeness (QED) is 0.442. The lowest BCUT2D eigenvalue weighted by molar-refractivity contribution is 0.449. The molecule has 184 valence electrons. The van der Waals surface area contributed by atoms with Gasteiger partial charge in [0.15, 0.2) is 0 Å². The van der Waals surface area contributed by atoms with Crippen molar-refractivity contribution in [2.24, 2.45) is 0 Å². The highest BCUT2D eigenvalue weighted by Gasteiger charge is 2.30. The molecule has 0 saturated carbocycles. The Kier molecular flexibility index (Phi) is 7.06. The van der Waals surface area contributed by atoms with E-state index in [-0.39, 0.29) is 21.7 Å². The molecule has 0 N–H and O–H groups in total. The van der Waals surface area contributed by atoms with Gasteiger partial charge in [-0.25, -0.2) is 0 Å². The van der Waals surface area contributed by atoms with Crippen molar-refractivity contribution in [2.45, 2.75) is 132 Å². The average molecular weight is 451 g/mol. The van der Waals surface area contributed by atoms with Crippen molar-refractivity contribution < 1.29 is 4.74 Å². The van der Waals surface area contributed by atoms with Crippen LogP contribution in [0.25, 0.3) is 0 Å². The zero-order chi connectivity index (χ0) is 25.9. The second kappa shape index (κ2) is 8.47.